The minimum Gasteiger partial charge on any atom is -0.334 e. The maximum atomic E-state index is 4.67. The molecule has 4 heteroatoms. The van der Waals surface area contributed by atoms with Crippen LogP contribution in [0.15, 0.2) is 0 Å². The molecule has 1 aliphatic rings. The zero-order valence-electron chi connectivity index (χ0n) is 13.1. The van der Waals surface area contributed by atoms with Crippen molar-refractivity contribution in [1.29, 1.82) is 0 Å². The van der Waals surface area contributed by atoms with Gasteiger partial charge in [0.2, 0.25) is 0 Å². The molecule has 19 heavy (non-hydrogen) atoms. The number of nitrogens with zero attached hydrogens (tertiary/aromatic N) is 4. The lowest BCUT2D eigenvalue weighted by Gasteiger charge is -2.35. The second-order valence-corrected chi connectivity index (χ2v) is 6.08. The lowest BCUT2D eigenvalue weighted by atomic mass is 10.0. The van der Waals surface area contributed by atoms with Crippen molar-refractivity contribution < 1.29 is 0 Å². The largest absolute Gasteiger partial charge is 0.334 e. The Hall–Kier alpha value is -0.870. The van der Waals surface area contributed by atoms with E-state index >= 15 is 0 Å². The van der Waals surface area contributed by atoms with Gasteiger partial charge in [0.05, 0.1) is 12.2 Å². The molecule has 1 saturated heterocycles. The van der Waals surface area contributed by atoms with Crippen molar-refractivity contribution >= 4 is 0 Å². The first-order valence-electron chi connectivity index (χ1n) is 7.36. The summed E-state index contributed by atoms with van der Waals surface area (Å²) in [7, 11) is 6.58. The Kier molecular flexibility index (Phi) is 4.63. The van der Waals surface area contributed by atoms with Crippen LogP contribution in [0.1, 0.15) is 36.5 Å². The predicted octanol–water partition coefficient (Wildman–Crippen LogP) is 1.95. The highest BCUT2D eigenvalue weighted by Gasteiger charge is 2.21. The zero-order valence-corrected chi connectivity index (χ0v) is 13.1. The van der Waals surface area contributed by atoms with Crippen LogP contribution >= 0.6 is 0 Å². The molecule has 0 unspecified atom stereocenters. The van der Waals surface area contributed by atoms with Gasteiger partial charge in [-0.25, -0.2) is 4.98 Å². The summed E-state index contributed by atoms with van der Waals surface area (Å²) < 4.78 is 2.22. The first-order chi connectivity index (χ1) is 8.99. The molecule has 0 bridgehead atoms. The minimum absolute atomic E-state index is 0.709. The number of likely N-dealkylation sites (N-methyl/N-ethyl adjacent to an activating group) is 2. The van der Waals surface area contributed by atoms with Gasteiger partial charge < -0.3 is 9.47 Å². The Morgan fingerprint density at radius 3 is 2.58 bits per heavy atom. The zero-order chi connectivity index (χ0) is 14.0. The van der Waals surface area contributed by atoms with Crippen LogP contribution in [0.4, 0.5) is 0 Å². The molecule has 1 aromatic rings. The third-order valence-corrected chi connectivity index (χ3v) is 4.57. The van der Waals surface area contributed by atoms with Crippen molar-refractivity contribution in [1.82, 2.24) is 19.4 Å². The summed E-state index contributed by atoms with van der Waals surface area (Å²) in [6.07, 6.45) is 4.07. The number of piperidine rings is 1. The molecular formula is C15H28N4. The summed E-state index contributed by atoms with van der Waals surface area (Å²) in [5, 5.41) is 0. The lowest BCUT2D eigenvalue weighted by molar-refractivity contribution is 0.137. The van der Waals surface area contributed by atoms with Gasteiger partial charge in [0.25, 0.3) is 0 Å². The normalized spacial score (nSPS) is 21.3. The molecule has 1 aliphatic heterocycles. The second-order valence-electron chi connectivity index (χ2n) is 6.08. The van der Waals surface area contributed by atoms with Crippen LogP contribution in [-0.4, -0.2) is 52.6 Å². The fraction of sp³-hybridized carbons (Fsp3) is 0.800. The van der Waals surface area contributed by atoms with Crippen LogP contribution in [0.3, 0.4) is 0 Å². The number of rotatable bonds is 4. The highest BCUT2D eigenvalue weighted by molar-refractivity contribution is 5.13. The number of aryl methyl sites for hydroxylation is 1. The third kappa shape index (κ3) is 3.37. The standard InChI is InChI=1S/C15H28N4/c1-12-13(2)19(5)15(16-12)11-17(3)10-14-8-6-7-9-18(14)4/h14H,6-11H2,1-5H3/t14-/m0/s1. The molecule has 1 fully saturated rings. The molecule has 0 saturated carbocycles. The Morgan fingerprint density at radius 1 is 1.26 bits per heavy atom. The van der Waals surface area contributed by atoms with E-state index in [0.29, 0.717) is 6.04 Å². The molecule has 0 N–H and O–H groups in total. The number of hydrogen-bond donors (Lipinski definition) is 0. The predicted molar refractivity (Wildman–Crippen MR) is 79.3 cm³/mol. The summed E-state index contributed by atoms with van der Waals surface area (Å²) in [5.41, 5.74) is 2.43. The maximum absolute atomic E-state index is 4.67. The highest BCUT2D eigenvalue weighted by atomic mass is 15.2. The number of imidazole rings is 1. The van der Waals surface area contributed by atoms with Crippen LogP contribution in [0.25, 0.3) is 0 Å². The van der Waals surface area contributed by atoms with E-state index in [1.165, 1.54) is 37.3 Å². The Balaban J connectivity index is 1.93. The summed E-state index contributed by atoms with van der Waals surface area (Å²) in [6.45, 7) is 7.56. The average molecular weight is 264 g/mol. The SMILES string of the molecule is Cc1nc(CN(C)C[C@@H]2CCCCN2C)n(C)c1C. The molecule has 0 amide bonds. The molecule has 4 nitrogen and oxygen atoms in total. The Labute approximate surface area is 117 Å². The van der Waals surface area contributed by atoms with Crippen molar-refractivity contribution in [2.24, 2.45) is 7.05 Å². The van der Waals surface area contributed by atoms with Crippen LogP contribution < -0.4 is 0 Å². The molecule has 2 rings (SSSR count). The minimum atomic E-state index is 0.709. The monoisotopic (exact) mass is 264 g/mol. The maximum Gasteiger partial charge on any atom is 0.123 e. The van der Waals surface area contributed by atoms with Crippen LogP contribution in [0.5, 0.6) is 0 Å². The van der Waals surface area contributed by atoms with Crippen molar-refractivity contribution in [2.75, 3.05) is 27.2 Å². The molecule has 0 aromatic carbocycles. The number of hydrogen-bond acceptors (Lipinski definition) is 3. The van der Waals surface area contributed by atoms with E-state index in [-0.39, 0.29) is 0 Å². The molecule has 0 spiro atoms. The highest BCUT2D eigenvalue weighted by Crippen LogP contribution is 2.17. The topological polar surface area (TPSA) is 24.3 Å². The van der Waals surface area contributed by atoms with Gasteiger partial charge in [-0.15, -0.1) is 0 Å². The van der Waals surface area contributed by atoms with E-state index in [4.69, 9.17) is 0 Å². The lowest BCUT2D eigenvalue weighted by Crippen LogP contribution is -2.43. The van der Waals surface area contributed by atoms with Gasteiger partial charge in [-0.05, 0) is 47.3 Å². The van der Waals surface area contributed by atoms with Crippen molar-refractivity contribution in [3.05, 3.63) is 17.2 Å². The van der Waals surface area contributed by atoms with Gasteiger partial charge in [-0.1, -0.05) is 6.42 Å². The van der Waals surface area contributed by atoms with E-state index in [1.54, 1.807) is 0 Å². The quantitative estimate of drug-likeness (QED) is 0.831. The molecule has 0 aliphatic carbocycles. The summed E-state index contributed by atoms with van der Waals surface area (Å²) in [4.78, 5) is 9.59. The van der Waals surface area contributed by atoms with Crippen LogP contribution in [0, 0.1) is 13.8 Å². The van der Waals surface area contributed by atoms with Gasteiger partial charge in [-0.2, -0.15) is 0 Å². The van der Waals surface area contributed by atoms with Gasteiger partial charge >= 0.3 is 0 Å². The van der Waals surface area contributed by atoms with Crippen LogP contribution in [0.2, 0.25) is 0 Å². The Bertz CT molecular complexity index is 424. The van der Waals surface area contributed by atoms with Crippen molar-refractivity contribution in [3.63, 3.8) is 0 Å². The van der Waals surface area contributed by atoms with E-state index in [0.717, 1.165) is 18.8 Å². The van der Waals surface area contributed by atoms with Crippen LogP contribution in [-0.2, 0) is 13.6 Å². The first kappa shape index (κ1) is 14.5. The fourth-order valence-electron chi connectivity index (χ4n) is 2.97. The first-order valence-corrected chi connectivity index (χ1v) is 7.36. The summed E-state index contributed by atoms with van der Waals surface area (Å²) >= 11 is 0. The third-order valence-electron chi connectivity index (χ3n) is 4.57. The van der Waals surface area contributed by atoms with Gasteiger partial charge in [-0.3, -0.25) is 4.90 Å². The molecule has 0 radical (unpaired) electrons. The average Bonchev–Trinajstić information content (AvgIpc) is 2.60. The van der Waals surface area contributed by atoms with E-state index in [1.807, 2.05) is 0 Å². The second kappa shape index (κ2) is 6.06. The fourth-order valence-corrected chi connectivity index (χ4v) is 2.97. The molecule has 108 valence electrons. The van der Waals surface area contributed by atoms with Crippen molar-refractivity contribution in [3.8, 4) is 0 Å². The molecular weight excluding hydrogens is 236 g/mol. The number of likely N-dealkylation sites (tertiary alicyclic amines) is 1. The van der Waals surface area contributed by atoms with Gasteiger partial charge in [0, 0.05) is 25.3 Å². The van der Waals surface area contributed by atoms with Gasteiger partial charge in [0.1, 0.15) is 5.82 Å². The Morgan fingerprint density at radius 2 is 2.00 bits per heavy atom. The van der Waals surface area contributed by atoms with Crippen molar-refractivity contribution in [2.45, 2.75) is 45.7 Å². The molecule has 1 aromatic heterocycles. The molecule has 1 atom stereocenters. The van der Waals surface area contributed by atoms with Gasteiger partial charge in [0.15, 0.2) is 0 Å². The van der Waals surface area contributed by atoms with E-state index in [9.17, 15) is 0 Å². The molecule has 2 heterocycles. The van der Waals surface area contributed by atoms with E-state index < -0.39 is 0 Å². The summed E-state index contributed by atoms with van der Waals surface area (Å²) in [6, 6.07) is 0.709. The summed E-state index contributed by atoms with van der Waals surface area (Å²) in [5.74, 6) is 1.18. The smallest absolute Gasteiger partial charge is 0.123 e. The van der Waals surface area contributed by atoms with E-state index in [2.05, 4.69) is 54.3 Å². The number of aromatic nitrogens is 2.